The molecule has 0 saturated heterocycles. The molecule has 0 aromatic heterocycles. The number of carbonyl (C=O) groups excluding carboxylic acids is 1. The molecule has 0 heterocycles. The van der Waals surface area contributed by atoms with Gasteiger partial charge in [0.25, 0.3) is 0 Å². The second-order valence-corrected chi connectivity index (χ2v) is 6.07. The summed E-state index contributed by atoms with van der Waals surface area (Å²) in [5.74, 6) is -0.120. The van der Waals surface area contributed by atoms with Gasteiger partial charge in [-0.3, -0.25) is 9.69 Å². The number of carbonyl (C=O) groups is 1. The van der Waals surface area contributed by atoms with Crippen molar-refractivity contribution in [1.82, 2.24) is 4.90 Å². The van der Waals surface area contributed by atoms with Gasteiger partial charge in [-0.25, -0.2) is 0 Å². The van der Waals surface area contributed by atoms with Crippen molar-refractivity contribution in [2.75, 3.05) is 25.0 Å². The van der Waals surface area contributed by atoms with Gasteiger partial charge in [0.05, 0.1) is 24.8 Å². The monoisotopic (exact) mass is 352 g/mol. The highest BCUT2D eigenvalue weighted by Crippen LogP contribution is 2.11. The summed E-state index contributed by atoms with van der Waals surface area (Å²) >= 11 is 0. The van der Waals surface area contributed by atoms with Crippen LogP contribution in [-0.4, -0.2) is 35.5 Å². The zero-order chi connectivity index (χ0) is 18.8. The summed E-state index contributed by atoms with van der Waals surface area (Å²) in [6, 6.07) is 16.5. The fourth-order valence-corrected chi connectivity index (χ4v) is 2.65. The van der Waals surface area contributed by atoms with Crippen molar-refractivity contribution in [2.24, 2.45) is 5.73 Å². The van der Waals surface area contributed by atoms with Crippen LogP contribution >= 0.6 is 0 Å². The molecule has 6 nitrogen and oxygen atoms in total. The molecule has 0 aliphatic rings. The van der Waals surface area contributed by atoms with Crippen LogP contribution in [0.1, 0.15) is 23.1 Å². The van der Waals surface area contributed by atoms with Gasteiger partial charge in [-0.2, -0.15) is 5.26 Å². The Morgan fingerprint density at radius 2 is 1.92 bits per heavy atom. The Labute approximate surface area is 153 Å². The van der Waals surface area contributed by atoms with E-state index in [1.807, 2.05) is 35.2 Å². The lowest BCUT2D eigenvalue weighted by Gasteiger charge is -2.22. The average Bonchev–Trinajstić information content (AvgIpc) is 2.66. The standard InChI is InChI=1S/C20H24N4O2/c21-9-2-10-24(13-17-3-1-4-18(11-17)15-25)14-20(26)23-19-7-5-16(12-22)6-8-19/h1,3-8,11,25H,2,9-10,13-15,21H2,(H,23,26). The maximum Gasteiger partial charge on any atom is 0.238 e. The first-order valence-electron chi connectivity index (χ1n) is 8.55. The number of nitrogens with zero attached hydrogens (tertiary/aromatic N) is 2. The third kappa shape index (κ3) is 6.30. The fraction of sp³-hybridized carbons (Fsp3) is 0.300. The Morgan fingerprint density at radius 1 is 1.19 bits per heavy atom. The topological polar surface area (TPSA) is 102 Å². The molecule has 26 heavy (non-hydrogen) atoms. The summed E-state index contributed by atoms with van der Waals surface area (Å²) in [7, 11) is 0. The number of benzene rings is 2. The second-order valence-electron chi connectivity index (χ2n) is 6.07. The molecule has 0 unspecified atom stereocenters. The number of anilines is 1. The third-order valence-corrected chi connectivity index (χ3v) is 3.92. The van der Waals surface area contributed by atoms with Crippen LogP contribution in [0, 0.1) is 11.3 Å². The molecule has 0 radical (unpaired) electrons. The molecule has 6 heteroatoms. The van der Waals surface area contributed by atoms with Crippen LogP contribution < -0.4 is 11.1 Å². The van der Waals surface area contributed by atoms with Crippen LogP contribution in [-0.2, 0) is 17.9 Å². The van der Waals surface area contributed by atoms with Crippen LogP contribution in [0.15, 0.2) is 48.5 Å². The number of amides is 1. The molecule has 1 amide bonds. The van der Waals surface area contributed by atoms with Crippen LogP contribution in [0.4, 0.5) is 5.69 Å². The first-order valence-corrected chi connectivity index (χ1v) is 8.55. The van der Waals surface area contributed by atoms with E-state index in [0.717, 1.165) is 17.5 Å². The Balaban J connectivity index is 1.98. The van der Waals surface area contributed by atoms with Gasteiger partial charge in [0, 0.05) is 18.8 Å². The lowest BCUT2D eigenvalue weighted by atomic mass is 10.1. The van der Waals surface area contributed by atoms with E-state index in [1.165, 1.54) is 0 Å². The molecular formula is C20H24N4O2. The highest BCUT2D eigenvalue weighted by atomic mass is 16.3. The van der Waals surface area contributed by atoms with Crippen molar-refractivity contribution < 1.29 is 9.90 Å². The van der Waals surface area contributed by atoms with E-state index in [2.05, 4.69) is 5.32 Å². The van der Waals surface area contributed by atoms with Crippen molar-refractivity contribution in [3.05, 3.63) is 65.2 Å². The minimum Gasteiger partial charge on any atom is -0.392 e. The van der Waals surface area contributed by atoms with Gasteiger partial charge in [0.2, 0.25) is 5.91 Å². The summed E-state index contributed by atoms with van der Waals surface area (Å²) in [5.41, 5.74) is 8.72. The van der Waals surface area contributed by atoms with Gasteiger partial charge in [0.15, 0.2) is 0 Å². The molecule has 2 rings (SSSR count). The molecule has 0 spiro atoms. The van der Waals surface area contributed by atoms with Gasteiger partial charge >= 0.3 is 0 Å². The number of nitrogens with one attached hydrogen (secondary N) is 1. The third-order valence-electron chi connectivity index (χ3n) is 3.92. The van der Waals surface area contributed by atoms with E-state index in [0.29, 0.717) is 30.9 Å². The van der Waals surface area contributed by atoms with E-state index in [1.54, 1.807) is 24.3 Å². The molecule has 2 aromatic rings. The number of aliphatic hydroxyl groups excluding tert-OH is 1. The molecule has 4 N–H and O–H groups in total. The average molecular weight is 352 g/mol. The van der Waals surface area contributed by atoms with E-state index < -0.39 is 0 Å². The van der Waals surface area contributed by atoms with E-state index >= 15 is 0 Å². The molecule has 0 aliphatic heterocycles. The van der Waals surface area contributed by atoms with Gasteiger partial charge in [-0.05, 0) is 48.4 Å². The first-order chi connectivity index (χ1) is 12.6. The molecule has 0 aliphatic carbocycles. The molecule has 0 fully saturated rings. The van der Waals surface area contributed by atoms with Gasteiger partial charge in [-0.15, -0.1) is 0 Å². The molecule has 136 valence electrons. The summed E-state index contributed by atoms with van der Waals surface area (Å²) in [5, 5.41) is 20.9. The van der Waals surface area contributed by atoms with E-state index in [9.17, 15) is 9.90 Å². The number of rotatable bonds is 9. The lowest BCUT2D eigenvalue weighted by molar-refractivity contribution is -0.117. The lowest BCUT2D eigenvalue weighted by Crippen LogP contribution is -2.34. The minimum absolute atomic E-state index is 0.00415. The second kappa shape index (κ2) is 10.3. The number of hydrogen-bond donors (Lipinski definition) is 3. The Hall–Kier alpha value is -2.72. The van der Waals surface area contributed by atoms with Crippen molar-refractivity contribution in [1.29, 1.82) is 5.26 Å². The van der Waals surface area contributed by atoms with Crippen molar-refractivity contribution in [3.8, 4) is 6.07 Å². The maximum atomic E-state index is 12.4. The summed E-state index contributed by atoms with van der Waals surface area (Å²) < 4.78 is 0. The minimum atomic E-state index is -0.120. The fourth-order valence-electron chi connectivity index (χ4n) is 2.65. The van der Waals surface area contributed by atoms with E-state index in [4.69, 9.17) is 11.0 Å². The first kappa shape index (κ1) is 19.6. The zero-order valence-corrected chi connectivity index (χ0v) is 14.7. The van der Waals surface area contributed by atoms with Crippen LogP contribution in [0.3, 0.4) is 0 Å². The molecule has 0 atom stereocenters. The predicted octanol–water partition coefficient (Wildman–Crippen LogP) is 1.84. The maximum absolute atomic E-state index is 12.4. The number of hydrogen-bond acceptors (Lipinski definition) is 5. The van der Waals surface area contributed by atoms with Crippen molar-refractivity contribution >= 4 is 11.6 Å². The van der Waals surface area contributed by atoms with Crippen LogP contribution in [0.2, 0.25) is 0 Å². The normalized spacial score (nSPS) is 10.5. The summed E-state index contributed by atoms with van der Waals surface area (Å²) in [4.78, 5) is 14.4. The molecule has 0 saturated carbocycles. The van der Waals surface area contributed by atoms with Gasteiger partial charge < -0.3 is 16.2 Å². The quantitative estimate of drug-likeness (QED) is 0.639. The summed E-state index contributed by atoms with van der Waals surface area (Å²) in [6.07, 6.45) is 0.795. The Bertz CT molecular complexity index is 753. The van der Waals surface area contributed by atoms with Gasteiger partial charge in [-0.1, -0.05) is 24.3 Å². The molecule has 0 bridgehead atoms. The summed E-state index contributed by atoms with van der Waals surface area (Å²) in [6.45, 7) is 2.11. The Morgan fingerprint density at radius 3 is 2.58 bits per heavy atom. The largest absolute Gasteiger partial charge is 0.392 e. The SMILES string of the molecule is N#Cc1ccc(NC(=O)CN(CCCN)Cc2cccc(CO)c2)cc1. The highest BCUT2D eigenvalue weighted by Gasteiger charge is 2.12. The number of aliphatic hydroxyl groups is 1. The number of nitrogens with two attached hydrogens (primary N) is 1. The predicted molar refractivity (Wildman–Crippen MR) is 101 cm³/mol. The smallest absolute Gasteiger partial charge is 0.238 e. The van der Waals surface area contributed by atoms with Gasteiger partial charge in [0.1, 0.15) is 0 Å². The van der Waals surface area contributed by atoms with Crippen LogP contribution in [0.5, 0.6) is 0 Å². The highest BCUT2D eigenvalue weighted by molar-refractivity contribution is 5.92. The molecular weight excluding hydrogens is 328 g/mol. The van der Waals surface area contributed by atoms with Crippen molar-refractivity contribution in [3.63, 3.8) is 0 Å². The molecule has 2 aromatic carbocycles. The van der Waals surface area contributed by atoms with Crippen molar-refractivity contribution in [2.45, 2.75) is 19.6 Å². The Kier molecular flexibility index (Phi) is 7.77. The zero-order valence-electron chi connectivity index (χ0n) is 14.7. The number of nitriles is 1. The van der Waals surface area contributed by atoms with E-state index in [-0.39, 0.29) is 19.1 Å². The van der Waals surface area contributed by atoms with Crippen LogP contribution in [0.25, 0.3) is 0 Å².